The van der Waals surface area contributed by atoms with E-state index in [0.29, 0.717) is 28.8 Å². The van der Waals surface area contributed by atoms with Gasteiger partial charge in [-0.3, -0.25) is 19.4 Å². The molecular formula is C21H24N2O3S. The van der Waals surface area contributed by atoms with Gasteiger partial charge >= 0.3 is 0 Å². The fraction of sp³-hybridized carbons (Fsp3) is 0.429. The van der Waals surface area contributed by atoms with E-state index < -0.39 is 11.5 Å². The molecule has 0 radical (unpaired) electrons. The average molecular weight is 385 g/mol. The number of nitrogens with zero attached hydrogens (tertiary/aromatic N) is 2. The van der Waals surface area contributed by atoms with Crippen molar-refractivity contribution in [3.63, 3.8) is 0 Å². The number of anilines is 1. The predicted molar refractivity (Wildman–Crippen MR) is 106 cm³/mol. The summed E-state index contributed by atoms with van der Waals surface area (Å²) in [4.78, 5) is 30.4. The molecule has 0 saturated carbocycles. The molecule has 27 heavy (non-hydrogen) atoms. The fourth-order valence-electron chi connectivity index (χ4n) is 4.12. The number of piperidine rings is 1. The molecule has 0 aliphatic carbocycles. The molecular weight excluding hydrogens is 360 g/mol. The second-order valence-electron chi connectivity index (χ2n) is 7.49. The number of hydrogen-bond donors (Lipinski definition) is 1. The molecule has 1 saturated heterocycles. The Kier molecular flexibility index (Phi) is 4.88. The standard InChI is InChI=1S/C21H24N2O3S/c1-15-7-4-5-11-22(15)14-23-17-9-3-2-8-16(17)21(26,20(23)25)13-18(24)19-10-6-12-27-19/h2-3,6,8-10,12,15,26H,4-5,7,11,13-14H2,1H3. The van der Waals surface area contributed by atoms with Crippen LogP contribution in [0.25, 0.3) is 0 Å². The molecule has 1 amide bonds. The van der Waals surface area contributed by atoms with Crippen molar-refractivity contribution in [1.29, 1.82) is 0 Å². The van der Waals surface area contributed by atoms with Gasteiger partial charge in [0.15, 0.2) is 11.4 Å². The third-order valence-corrected chi connectivity index (χ3v) is 6.63. The molecule has 1 aromatic carbocycles. The Morgan fingerprint density at radius 2 is 2.07 bits per heavy atom. The third-order valence-electron chi connectivity index (χ3n) is 5.72. The Morgan fingerprint density at radius 1 is 1.26 bits per heavy atom. The van der Waals surface area contributed by atoms with Crippen LogP contribution in [0.1, 0.15) is 47.8 Å². The Bertz CT molecular complexity index is 851. The Hall–Kier alpha value is -2.02. The highest BCUT2D eigenvalue weighted by Crippen LogP contribution is 2.43. The molecule has 0 spiro atoms. The van der Waals surface area contributed by atoms with Gasteiger partial charge in [-0.2, -0.15) is 0 Å². The van der Waals surface area contributed by atoms with E-state index in [2.05, 4.69) is 11.8 Å². The zero-order chi connectivity index (χ0) is 19.0. The number of benzene rings is 1. The van der Waals surface area contributed by atoms with Crippen molar-refractivity contribution in [2.45, 2.75) is 44.2 Å². The van der Waals surface area contributed by atoms with Gasteiger partial charge in [-0.25, -0.2) is 0 Å². The van der Waals surface area contributed by atoms with E-state index >= 15 is 0 Å². The van der Waals surface area contributed by atoms with Gasteiger partial charge in [0.25, 0.3) is 5.91 Å². The van der Waals surface area contributed by atoms with Crippen LogP contribution in [-0.2, 0) is 10.4 Å². The number of carbonyl (C=O) groups excluding carboxylic acids is 2. The summed E-state index contributed by atoms with van der Waals surface area (Å²) < 4.78 is 0. The van der Waals surface area contributed by atoms with Gasteiger partial charge in [-0.1, -0.05) is 30.7 Å². The fourth-order valence-corrected chi connectivity index (χ4v) is 4.79. The zero-order valence-electron chi connectivity index (χ0n) is 15.4. The van der Waals surface area contributed by atoms with Crippen molar-refractivity contribution in [3.05, 3.63) is 52.2 Å². The highest BCUT2D eigenvalue weighted by Gasteiger charge is 2.51. The summed E-state index contributed by atoms with van der Waals surface area (Å²) >= 11 is 1.33. The molecule has 2 atom stereocenters. The molecule has 5 nitrogen and oxygen atoms in total. The van der Waals surface area contributed by atoms with Crippen LogP contribution in [0.3, 0.4) is 0 Å². The summed E-state index contributed by atoms with van der Waals surface area (Å²) in [5.74, 6) is -0.602. The van der Waals surface area contributed by atoms with E-state index in [1.807, 2.05) is 17.5 Å². The molecule has 2 aliphatic heterocycles. The summed E-state index contributed by atoms with van der Waals surface area (Å²) in [6.45, 7) is 3.57. The summed E-state index contributed by atoms with van der Waals surface area (Å²) in [5, 5.41) is 13.1. The van der Waals surface area contributed by atoms with Crippen LogP contribution >= 0.6 is 11.3 Å². The first-order valence-electron chi connectivity index (χ1n) is 9.45. The van der Waals surface area contributed by atoms with E-state index in [0.717, 1.165) is 19.4 Å². The maximum Gasteiger partial charge on any atom is 0.265 e. The van der Waals surface area contributed by atoms with E-state index in [4.69, 9.17) is 0 Å². The van der Waals surface area contributed by atoms with Gasteiger partial charge in [-0.15, -0.1) is 11.3 Å². The molecule has 1 fully saturated rings. The minimum atomic E-state index is -1.79. The van der Waals surface area contributed by atoms with Gasteiger partial charge in [-0.05, 0) is 37.3 Å². The van der Waals surface area contributed by atoms with Gasteiger partial charge in [0.1, 0.15) is 0 Å². The van der Waals surface area contributed by atoms with Crippen LogP contribution in [0.15, 0.2) is 41.8 Å². The van der Waals surface area contributed by atoms with Crippen molar-refractivity contribution < 1.29 is 14.7 Å². The largest absolute Gasteiger partial charge is 0.375 e. The summed E-state index contributed by atoms with van der Waals surface area (Å²) in [6, 6.07) is 11.2. The SMILES string of the molecule is CC1CCCCN1CN1C(=O)C(O)(CC(=O)c2cccs2)c2ccccc21. The molecule has 2 unspecified atom stereocenters. The number of rotatable bonds is 5. The van der Waals surface area contributed by atoms with Crippen molar-refractivity contribution in [3.8, 4) is 0 Å². The highest BCUT2D eigenvalue weighted by molar-refractivity contribution is 7.12. The van der Waals surface area contributed by atoms with Gasteiger partial charge in [0.05, 0.1) is 23.7 Å². The first-order chi connectivity index (χ1) is 13.0. The molecule has 3 heterocycles. The summed E-state index contributed by atoms with van der Waals surface area (Å²) in [5.41, 5.74) is -0.553. The van der Waals surface area contributed by atoms with Gasteiger partial charge in [0.2, 0.25) is 0 Å². The number of likely N-dealkylation sites (tertiary alicyclic amines) is 1. The Balaban J connectivity index is 1.63. The maximum atomic E-state index is 13.3. The van der Waals surface area contributed by atoms with Crippen LogP contribution in [0.2, 0.25) is 0 Å². The highest BCUT2D eigenvalue weighted by atomic mass is 32.1. The topological polar surface area (TPSA) is 60.9 Å². The molecule has 1 aromatic heterocycles. The molecule has 2 aromatic rings. The second kappa shape index (κ2) is 7.19. The molecule has 142 valence electrons. The number of thiophene rings is 1. The maximum absolute atomic E-state index is 13.3. The van der Waals surface area contributed by atoms with E-state index in [9.17, 15) is 14.7 Å². The minimum absolute atomic E-state index is 0.205. The van der Waals surface area contributed by atoms with Crippen molar-refractivity contribution in [2.24, 2.45) is 0 Å². The number of carbonyl (C=O) groups is 2. The summed E-state index contributed by atoms with van der Waals surface area (Å²) in [7, 11) is 0. The van der Waals surface area contributed by atoms with Crippen molar-refractivity contribution in [1.82, 2.24) is 4.90 Å². The molecule has 4 rings (SSSR count). The number of fused-ring (bicyclic) bond motifs is 1. The van der Waals surface area contributed by atoms with Crippen molar-refractivity contribution >= 4 is 28.7 Å². The van der Waals surface area contributed by atoms with Crippen LogP contribution in [-0.4, -0.2) is 41.0 Å². The van der Waals surface area contributed by atoms with Crippen LogP contribution in [0.5, 0.6) is 0 Å². The van der Waals surface area contributed by atoms with E-state index in [1.54, 1.807) is 29.2 Å². The first-order valence-corrected chi connectivity index (χ1v) is 10.3. The molecule has 0 bridgehead atoms. The Labute approximate surface area is 163 Å². The molecule has 2 aliphatic rings. The lowest BCUT2D eigenvalue weighted by Gasteiger charge is -2.36. The summed E-state index contributed by atoms with van der Waals surface area (Å²) in [6.07, 6.45) is 3.22. The Morgan fingerprint density at radius 3 is 2.81 bits per heavy atom. The number of amides is 1. The zero-order valence-corrected chi connectivity index (χ0v) is 16.2. The molecule has 1 N–H and O–H groups in total. The van der Waals surface area contributed by atoms with Gasteiger partial charge < -0.3 is 5.11 Å². The number of aliphatic hydroxyl groups is 1. The average Bonchev–Trinajstić information content (AvgIpc) is 3.27. The number of hydrogen-bond acceptors (Lipinski definition) is 5. The smallest absolute Gasteiger partial charge is 0.265 e. The normalized spacial score (nSPS) is 25.6. The predicted octanol–water partition coefficient (Wildman–Crippen LogP) is 3.39. The lowest BCUT2D eigenvalue weighted by molar-refractivity contribution is -0.136. The van der Waals surface area contributed by atoms with E-state index in [-0.39, 0.29) is 12.2 Å². The molecule has 6 heteroatoms. The second-order valence-corrected chi connectivity index (χ2v) is 8.43. The van der Waals surface area contributed by atoms with Crippen LogP contribution in [0, 0.1) is 0 Å². The van der Waals surface area contributed by atoms with Crippen LogP contribution < -0.4 is 4.90 Å². The van der Waals surface area contributed by atoms with Crippen LogP contribution in [0.4, 0.5) is 5.69 Å². The van der Waals surface area contributed by atoms with E-state index in [1.165, 1.54) is 17.8 Å². The monoisotopic (exact) mass is 384 g/mol. The van der Waals surface area contributed by atoms with Crippen molar-refractivity contribution in [2.75, 3.05) is 18.1 Å². The first kappa shape index (κ1) is 18.3. The number of Topliss-reactive ketones (excluding diaryl/α,β-unsaturated/α-hetero) is 1. The number of para-hydroxylation sites is 1. The lowest BCUT2D eigenvalue weighted by Crippen LogP contribution is -2.49. The third kappa shape index (κ3) is 3.22. The van der Waals surface area contributed by atoms with Gasteiger partial charge in [0, 0.05) is 18.2 Å². The number of ketones is 1. The quantitative estimate of drug-likeness (QED) is 0.803. The minimum Gasteiger partial charge on any atom is -0.375 e. The lowest BCUT2D eigenvalue weighted by atomic mass is 9.89.